The van der Waals surface area contributed by atoms with Crippen LogP contribution in [0.4, 0.5) is 5.69 Å². The van der Waals surface area contributed by atoms with E-state index in [-0.39, 0.29) is 17.7 Å². The van der Waals surface area contributed by atoms with Crippen molar-refractivity contribution in [1.29, 1.82) is 0 Å². The highest BCUT2D eigenvalue weighted by molar-refractivity contribution is 5.96. The summed E-state index contributed by atoms with van der Waals surface area (Å²) in [6, 6.07) is 6.62. The van der Waals surface area contributed by atoms with E-state index in [1.807, 2.05) is 0 Å². The number of aromatic nitrogens is 2. The molecule has 1 aliphatic rings. The average molecular weight is 411 g/mol. The van der Waals surface area contributed by atoms with Crippen molar-refractivity contribution < 1.29 is 19.1 Å². The van der Waals surface area contributed by atoms with Crippen molar-refractivity contribution in [2.75, 3.05) is 38.2 Å². The third-order valence-corrected chi connectivity index (χ3v) is 4.63. The number of rotatable bonds is 6. The van der Waals surface area contributed by atoms with Crippen LogP contribution in [-0.4, -0.2) is 65.4 Å². The summed E-state index contributed by atoms with van der Waals surface area (Å²) in [5, 5.41) is 5.50. The van der Waals surface area contributed by atoms with Crippen molar-refractivity contribution in [1.82, 2.24) is 20.2 Å². The SMILES string of the molecule is CC(=O)Nc1ccc(C(=O)NCCc2nc(C)ncc2C(=O)N2CCOCC2)cc1. The monoisotopic (exact) mass is 411 g/mol. The first-order valence-electron chi connectivity index (χ1n) is 9.79. The topological polar surface area (TPSA) is 114 Å². The molecule has 2 heterocycles. The minimum Gasteiger partial charge on any atom is -0.378 e. The van der Waals surface area contributed by atoms with Crippen LogP contribution in [-0.2, 0) is 16.0 Å². The second kappa shape index (κ2) is 9.93. The van der Waals surface area contributed by atoms with Crippen molar-refractivity contribution >= 4 is 23.4 Å². The number of hydrogen-bond donors (Lipinski definition) is 2. The van der Waals surface area contributed by atoms with Gasteiger partial charge in [-0.1, -0.05) is 0 Å². The highest BCUT2D eigenvalue weighted by Crippen LogP contribution is 2.12. The summed E-state index contributed by atoms with van der Waals surface area (Å²) >= 11 is 0. The van der Waals surface area contributed by atoms with Gasteiger partial charge in [-0.15, -0.1) is 0 Å². The molecule has 0 aliphatic carbocycles. The van der Waals surface area contributed by atoms with Gasteiger partial charge in [0.25, 0.3) is 11.8 Å². The van der Waals surface area contributed by atoms with Crippen molar-refractivity contribution in [3.05, 3.63) is 53.1 Å². The van der Waals surface area contributed by atoms with E-state index < -0.39 is 0 Å². The molecule has 0 unspecified atom stereocenters. The maximum Gasteiger partial charge on any atom is 0.257 e. The molecule has 1 aliphatic heterocycles. The van der Waals surface area contributed by atoms with E-state index in [4.69, 9.17) is 4.74 Å². The summed E-state index contributed by atoms with van der Waals surface area (Å²) in [5.41, 5.74) is 2.17. The standard InChI is InChI=1S/C21H25N5O4/c1-14-23-13-18(21(29)26-9-11-30-12-10-26)19(24-14)7-8-22-20(28)16-3-5-17(6-4-16)25-15(2)27/h3-6,13H,7-12H2,1-2H3,(H,22,28)(H,25,27). The molecular formula is C21H25N5O4. The number of morpholine rings is 1. The Morgan fingerprint density at radius 1 is 1.13 bits per heavy atom. The van der Waals surface area contributed by atoms with Gasteiger partial charge in [0.05, 0.1) is 24.5 Å². The van der Waals surface area contributed by atoms with Crippen LogP contribution in [0.5, 0.6) is 0 Å². The van der Waals surface area contributed by atoms with Crippen LogP contribution in [0.3, 0.4) is 0 Å². The number of benzene rings is 1. The number of hydrogen-bond acceptors (Lipinski definition) is 6. The molecule has 0 radical (unpaired) electrons. The van der Waals surface area contributed by atoms with Gasteiger partial charge in [0.2, 0.25) is 5.91 Å². The number of carbonyl (C=O) groups is 3. The number of ether oxygens (including phenoxy) is 1. The number of amides is 3. The molecule has 2 aromatic rings. The summed E-state index contributed by atoms with van der Waals surface area (Å²) in [6.45, 7) is 5.63. The van der Waals surface area contributed by atoms with Gasteiger partial charge in [0.1, 0.15) is 5.82 Å². The number of carbonyl (C=O) groups excluding carboxylic acids is 3. The normalized spacial score (nSPS) is 13.6. The fourth-order valence-electron chi connectivity index (χ4n) is 3.13. The van der Waals surface area contributed by atoms with Crippen molar-refractivity contribution in [3.8, 4) is 0 Å². The van der Waals surface area contributed by atoms with Crippen LogP contribution in [0.25, 0.3) is 0 Å². The second-order valence-corrected chi connectivity index (χ2v) is 6.95. The van der Waals surface area contributed by atoms with Gasteiger partial charge in [0, 0.05) is 50.4 Å². The Hall–Kier alpha value is -3.33. The maximum absolute atomic E-state index is 12.8. The van der Waals surface area contributed by atoms with Crippen LogP contribution in [0.2, 0.25) is 0 Å². The minimum absolute atomic E-state index is 0.117. The fourth-order valence-corrected chi connectivity index (χ4v) is 3.13. The summed E-state index contributed by atoms with van der Waals surface area (Å²) in [5.74, 6) is 0.0441. The number of anilines is 1. The van der Waals surface area contributed by atoms with E-state index in [9.17, 15) is 14.4 Å². The lowest BCUT2D eigenvalue weighted by Crippen LogP contribution is -2.41. The van der Waals surface area contributed by atoms with Gasteiger partial charge in [-0.2, -0.15) is 0 Å². The number of nitrogens with one attached hydrogen (secondary N) is 2. The van der Waals surface area contributed by atoms with E-state index in [1.165, 1.54) is 6.92 Å². The molecule has 158 valence electrons. The van der Waals surface area contributed by atoms with E-state index in [0.29, 0.717) is 67.6 Å². The summed E-state index contributed by atoms with van der Waals surface area (Å²) in [6.07, 6.45) is 1.96. The molecule has 0 atom stereocenters. The molecule has 0 spiro atoms. The molecule has 0 saturated carbocycles. The van der Waals surface area contributed by atoms with Crippen molar-refractivity contribution in [2.45, 2.75) is 20.3 Å². The highest BCUT2D eigenvalue weighted by atomic mass is 16.5. The Bertz CT molecular complexity index is 923. The van der Waals surface area contributed by atoms with Crippen LogP contribution >= 0.6 is 0 Å². The number of aryl methyl sites for hydroxylation is 1. The smallest absolute Gasteiger partial charge is 0.257 e. The van der Waals surface area contributed by atoms with Gasteiger partial charge in [-0.25, -0.2) is 9.97 Å². The van der Waals surface area contributed by atoms with Crippen LogP contribution < -0.4 is 10.6 Å². The largest absolute Gasteiger partial charge is 0.378 e. The van der Waals surface area contributed by atoms with Crippen LogP contribution in [0.1, 0.15) is 39.2 Å². The van der Waals surface area contributed by atoms with Crippen molar-refractivity contribution in [3.63, 3.8) is 0 Å². The molecule has 9 nitrogen and oxygen atoms in total. The predicted molar refractivity (Wildman–Crippen MR) is 110 cm³/mol. The second-order valence-electron chi connectivity index (χ2n) is 6.95. The average Bonchev–Trinajstić information content (AvgIpc) is 2.74. The zero-order valence-corrected chi connectivity index (χ0v) is 17.1. The fraction of sp³-hybridized carbons (Fsp3) is 0.381. The first-order chi connectivity index (χ1) is 14.4. The molecule has 3 rings (SSSR count). The Morgan fingerprint density at radius 2 is 1.83 bits per heavy atom. The first-order valence-corrected chi connectivity index (χ1v) is 9.79. The molecule has 2 N–H and O–H groups in total. The van der Waals surface area contributed by atoms with Gasteiger partial charge in [-0.3, -0.25) is 14.4 Å². The van der Waals surface area contributed by atoms with E-state index in [1.54, 1.807) is 42.3 Å². The number of nitrogens with zero attached hydrogens (tertiary/aromatic N) is 3. The van der Waals surface area contributed by atoms with E-state index >= 15 is 0 Å². The summed E-state index contributed by atoms with van der Waals surface area (Å²) < 4.78 is 5.30. The highest BCUT2D eigenvalue weighted by Gasteiger charge is 2.22. The zero-order valence-electron chi connectivity index (χ0n) is 17.1. The maximum atomic E-state index is 12.8. The molecular weight excluding hydrogens is 386 g/mol. The third kappa shape index (κ3) is 5.60. The Morgan fingerprint density at radius 3 is 2.50 bits per heavy atom. The van der Waals surface area contributed by atoms with Gasteiger partial charge < -0.3 is 20.3 Å². The predicted octanol–water partition coefficient (Wildman–Crippen LogP) is 1.19. The van der Waals surface area contributed by atoms with Crippen LogP contribution in [0.15, 0.2) is 30.5 Å². The molecule has 3 amide bonds. The molecule has 1 saturated heterocycles. The van der Waals surface area contributed by atoms with Gasteiger partial charge in [0.15, 0.2) is 0 Å². The van der Waals surface area contributed by atoms with E-state index in [0.717, 1.165) is 0 Å². The molecule has 0 bridgehead atoms. The lowest BCUT2D eigenvalue weighted by molar-refractivity contribution is -0.114. The summed E-state index contributed by atoms with van der Waals surface area (Å²) in [7, 11) is 0. The molecule has 30 heavy (non-hydrogen) atoms. The Kier molecular flexibility index (Phi) is 7.08. The third-order valence-electron chi connectivity index (χ3n) is 4.63. The Labute approximate surface area is 174 Å². The minimum atomic E-state index is -0.240. The lowest BCUT2D eigenvalue weighted by atomic mass is 10.1. The van der Waals surface area contributed by atoms with E-state index in [2.05, 4.69) is 20.6 Å². The summed E-state index contributed by atoms with van der Waals surface area (Å²) in [4.78, 5) is 46.6. The zero-order chi connectivity index (χ0) is 21.5. The van der Waals surface area contributed by atoms with Crippen LogP contribution in [0, 0.1) is 6.92 Å². The molecule has 1 fully saturated rings. The molecule has 1 aromatic carbocycles. The lowest BCUT2D eigenvalue weighted by Gasteiger charge is -2.27. The van der Waals surface area contributed by atoms with Crippen molar-refractivity contribution in [2.24, 2.45) is 0 Å². The van der Waals surface area contributed by atoms with Gasteiger partial charge in [-0.05, 0) is 31.2 Å². The molecule has 9 heteroatoms. The first kappa shape index (κ1) is 21.4. The quantitative estimate of drug-likeness (QED) is 0.738. The Balaban J connectivity index is 1.61. The molecule has 1 aromatic heterocycles. The van der Waals surface area contributed by atoms with Gasteiger partial charge >= 0.3 is 0 Å².